The second kappa shape index (κ2) is 39.4. The van der Waals surface area contributed by atoms with Crippen LogP contribution in [-0.2, 0) is 23.9 Å². The smallest absolute Gasteiger partial charge is 0.306 e. The standard InChI is InChI=1S/C49H93N3O5/c1-4-7-10-13-16-25-32-42-56-47(54)36-28-21-17-23-30-39-52(41-33-38-51-45-43-46(53)49(45)50)40-31-24-18-22-29-37-48(55)57-44(34-26-19-14-11-8-5-2)35-27-20-15-12-9-6-3/h44,51H,4-43,50H2,1-3H3. The van der Waals surface area contributed by atoms with Crippen LogP contribution in [0.2, 0.25) is 0 Å². The number of carbonyl (C=O) groups excluding carboxylic acids is 3. The van der Waals surface area contributed by atoms with E-state index in [0.717, 1.165) is 103 Å². The Bertz CT molecular complexity index is 986. The Hall–Kier alpha value is -2.09. The highest BCUT2D eigenvalue weighted by Gasteiger charge is 2.23. The van der Waals surface area contributed by atoms with Gasteiger partial charge in [0, 0.05) is 25.1 Å². The fourth-order valence-corrected chi connectivity index (χ4v) is 7.85. The van der Waals surface area contributed by atoms with E-state index in [0.29, 0.717) is 31.6 Å². The molecule has 0 saturated carbocycles. The van der Waals surface area contributed by atoms with Crippen LogP contribution in [0.5, 0.6) is 0 Å². The number of rotatable bonds is 44. The lowest BCUT2D eigenvalue weighted by atomic mass is 10.00. The fraction of sp³-hybridized carbons (Fsp3) is 0.898. The van der Waals surface area contributed by atoms with Gasteiger partial charge in [0.1, 0.15) is 6.10 Å². The van der Waals surface area contributed by atoms with Crippen LogP contribution in [-0.4, -0.2) is 61.5 Å². The normalized spacial score (nSPS) is 12.8. The lowest BCUT2D eigenvalue weighted by molar-refractivity contribution is -0.150. The summed E-state index contributed by atoms with van der Waals surface area (Å²) in [6.45, 7) is 11.4. The molecular weight excluding hydrogens is 711 g/mol. The number of esters is 2. The van der Waals surface area contributed by atoms with E-state index in [4.69, 9.17) is 15.2 Å². The average molecular weight is 804 g/mol. The van der Waals surface area contributed by atoms with Crippen LogP contribution in [0.15, 0.2) is 11.4 Å². The highest BCUT2D eigenvalue weighted by Crippen LogP contribution is 2.19. The molecule has 1 aliphatic carbocycles. The van der Waals surface area contributed by atoms with Gasteiger partial charge in [0.05, 0.1) is 18.7 Å². The van der Waals surface area contributed by atoms with Crippen molar-refractivity contribution in [3.63, 3.8) is 0 Å². The topological polar surface area (TPSA) is 111 Å². The first-order valence-corrected chi connectivity index (χ1v) is 24.7. The lowest BCUT2D eigenvalue weighted by Crippen LogP contribution is -2.35. The van der Waals surface area contributed by atoms with Crippen LogP contribution in [0, 0.1) is 0 Å². The summed E-state index contributed by atoms with van der Waals surface area (Å²) in [5.74, 6) is 0.0302. The predicted octanol–water partition coefficient (Wildman–Crippen LogP) is 12.8. The minimum absolute atomic E-state index is 0.0132. The quantitative estimate of drug-likeness (QED) is 0.0463. The van der Waals surface area contributed by atoms with E-state index in [1.165, 1.54) is 135 Å². The molecule has 0 fully saturated rings. The van der Waals surface area contributed by atoms with Crippen LogP contribution in [0.25, 0.3) is 0 Å². The first-order valence-electron chi connectivity index (χ1n) is 24.7. The van der Waals surface area contributed by atoms with Crippen molar-refractivity contribution in [3.8, 4) is 0 Å². The summed E-state index contributed by atoms with van der Waals surface area (Å²) < 4.78 is 11.5. The molecule has 0 atom stereocenters. The zero-order valence-electron chi connectivity index (χ0n) is 37.9. The predicted molar refractivity (Wildman–Crippen MR) is 240 cm³/mol. The molecule has 57 heavy (non-hydrogen) atoms. The van der Waals surface area contributed by atoms with E-state index in [1.807, 2.05) is 0 Å². The minimum atomic E-state index is -0.0317. The van der Waals surface area contributed by atoms with Crippen molar-refractivity contribution in [1.82, 2.24) is 10.2 Å². The SMILES string of the molecule is CCCCCCCCCOC(=O)CCCCCCCN(CCCCCCCC(=O)OC(CCCCCCCC)CCCCCCCC)CCCNC1=C(N)C(=O)C1. The maximum absolute atomic E-state index is 12.8. The summed E-state index contributed by atoms with van der Waals surface area (Å²) in [7, 11) is 0. The third-order valence-electron chi connectivity index (χ3n) is 11.7. The zero-order valence-corrected chi connectivity index (χ0v) is 37.9. The molecule has 0 spiro atoms. The Balaban J connectivity index is 2.29. The van der Waals surface area contributed by atoms with Gasteiger partial charge in [0.15, 0.2) is 5.78 Å². The van der Waals surface area contributed by atoms with Crippen molar-refractivity contribution in [1.29, 1.82) is 0 Å². The number of nitrogens with two attached hydrogens (primary N) is 1. The summed E-state index contributed by atoms with van der Waals surface area (Å²) in [5, 5.41) is 3.36. The Morgan fingerprint density at radius 1 is 0.561 bits per heavy atom. The third-order valence-corrected chi connectivity index (χ3v) is 11.7. The number of nitrogens with one attached hydrogen (secondary N) is 1. The number of Topliss-reactive ketones (excluding diaryl/α,β-unsaturated/α-hetero) is 1. The van der Waals surface area contributed by atoms with E-state index in [9.17, 15) is 14.4 Å². The van der Waals surface area contributed by atoms with Crippen LogP contribution < -0.4 is 11.1 Å². The zero-order chi connectivity index (χ0) is 41.4. The van der Waals surface area contributed by atoms with Crippen molar-refractivity contribution in [2.45, 2.75) is 252 Å². The second-order valence-corrected chi connectivity index (χ2v) is 17.2. The van der Waals surface area contributed by atoms with E-state index in [1.54, 1.807) is 0 Å². The van der Waals surface area contributed by atoms with Gasteiger partial charge in [-0.2, -0.15) is 0 Å². The van der Waals surface area contributed by atoms with Gasteiger partial charge in [-0.15, -0.1) is 0 Å². The molecule has 0 radical (unpaired) electrons. The molecule has 0 saturated heterocycles. The minimum Gasteiger partial charge on any atom is -0.466 e. The number of hydrogen-bond donors (Lipinski definition) is 2. The molecule has 0 unspecified atom stereocenters. The van der Waals surface area contributed by atoms with E-state index >= 15 is 0 Å². The number of ether oxygens (including phenoxy) is 2. The molecule has 0 bridgehead atoms. The van der Waals surface area contributed by atoms with Crippen molar-refractivity contribution < 1.29 is 23.9 Å². The Morgan fingerprint density at radius 2 is 0.982 bits per heavy atom. The molecule has 0 aromatic heterocycles. The van der Waals surface area contributed by atoms with Crippen LogP contribution in [0.4, 0.5) is 0 Å². The van der Waals surface area contributed by atoms with Gasteiger partial charge >= 0.3 is 11.9 Å². The highest BCUT2D eigenvalue weighted by molar-refractivity contribution is 6.03. The molecule has 3 N–H and O–H groups in total. The molecule has 0 aliphatic heterocycles. The molecule has 1 rings (SSSR count). The maximum Gasteiger partial charge on any atom is 0.306 e. The van der Waals surface area contributed by atoms with Gasteiger partial charge in [0.2, 0.25) is 0 Å². The molecule has 0 aromatic rings. The first-order chi connectivity index (χ1) is 27.9. The molecule has 0 aromatic carbocycles. The van der Waals surface area contributed by atoms with Gasteiger partial charge in [-0.3, -0.25) is 14.4 Å². The summed E-state index contributed by atoms with van der Waals surface area (Å²) in [6, 6.07) is 0. The molecule has 334 valence electrons. The average Bonchev–Trinajstić information content (AvgIpc) is 3.21. The molecule has 8 heteroatoms. The summed E-state index contributed by atoms with van der Waals surface area (Å²) in [6.07, 6.45) is 39.7. The lowest BCUT2D eigenvalue weighted by Gasteiger charge is -2.24. The van der Waals surface area contributed by atoms with Gasteiger partial charge in [-0.1, -0.05) is 162 Å². The maximum atomic E-state index is 12.8. The first kappa shape index (κ1) is 52.9. The van der Waals surface area contributed by atoms with E-state index < -0.39 is 0 Å². The second-order valence-electron chi connectivity index (χ2n) is 17.2. The number of hydrogen-bond acceptors (Lipinski definition) is 8. The number of nitrogens with zero attached hydrogens (tertiary/aromatic N) is 1. The number of unbranched alkanes of at least 4 members (excludes halogenated alkanes) is 24. The summed E-state index contributed by atoms with van der Waals surface area (Å²) in [5.41, 5.74) is 7.13. The van der Waals surface area contributed by atoms with Crippen LogP contribution >= 0.6 is 0 Å². The highest BCUT2D eigenvalue weighted by atomic mass is 16.5. The van der Waals surface area contributed by atoms with Gasteiger partial charge in [-0.05, 0) is 83.8 Å². The van der Waals surface area contributed by atoms with Gasteiger partial charge < -0.3 is 25.4 Å². The molecular formula is C49H93N3O5. The van der Waals surface area contributed by atoms with Crippen molar-refractivity contribution >= 4 is 17.7 Å². The number of allylic oxidation sites excluding steroid dienone is 2. The molecule has 0 heterocycles. The number of ketones is 1. The van der Waals surface area contributed by atoms with E-state index in [-0.39, 0.29) is 23.8 Å². The van der Waals surface area contributed by atoms with E-state index in [2.05, 4.69) is 31.0 Å². The monoisotopic (exact) mass is 804 g/mol. The Labute approximate surface area is 352 Å². The summed E-state index contributed by atoms with van der Waals surface area (Å²) >= 11 is 0. The van der Waals surface area contributed by atoms with Gasteiger partial charge in [-0.25, -0.2) is 0 Å². The fourth-order valence-electron chi connectivity index (χ4n) is 7.85. The Morgan fingerprint density at radius 3 is 1.47 bits per heavy atom. The molecule has 1 aliphatic rings. The van der Waals surface area contributed by atoms with Crippen LogP contribution in [0.1, 0.15) is 245 Å². The third kappa shape index (κ3) is 32.4. The van der Waals surface area contributed by atoms with Crippen molar-refractivity contribution in [2.75, 3.05) is 32.8 Å². The number of carbonyl (C=O) groups is 3. The Kier molecular flexibility index (Phi) is 36.6. The van der Waals surface area contributed by atoms with Crippen LogP contribution in [0.3, 0.4) is 0 Å². The largest absolute Gasteiger partial charge is 0.466 e. The van der Waals surface area contributed by atoms with Crippen molar-refractivity contribution in [3.05, 3.63) is 11.4 Å². The van der Waals surface area contributed by atoms with Crippen molar-refractivity contribution in [2.24, 2.45) is 5.73 Å². The van der Waals surface area contributed by atoms with Gasteiger partial charge in [0.25, 0.3) is 0 Å². The summed E-state index contributed by atoms with van der Waals surface area (Å²) in [4.78, 5) is 39.0. The molecule has 0 amide bonds. The molecule has 8 nitrogen and oxygen atoms in total.